The molecule has 0 atom stereocenters. The number of hydrogen-bond donors (Lipinski definition) is 1. The van der Waals surface area contributed by atoms with Crippen LogP contribution in [-0.2, 0) is 4.79 Å². The van der Waals surface area contributed by atoms with Gasteiger partial charge in [-0.1, -0.05) is 23.2 Å². The van der Waals surface area contributed by atoms with Gasteiger partial charge in [0.2, 0.25) is 0 Å². The average molecular weight is 407 g/mol. The first kappa shape index (κ1) is 19.5. The average Bonchev–Trinajstić information content (AvgIpc) is 3.20. The van der Waals surface area contributed by atoms with Crippen molar-refractivity contribution in [1.29, 1.82) is 0 Å². The van der Waals surface area contributed by atoms with Crippen LogP contribution < -0.4 is 10.2 Å². The highest BCUT2D eigenvalue weighted by atomic mass is 35.5. The molecule has 0 radical (unpaired) electrons. The fourth-order valence-electron chi connectivity index (χ4n) is 2.69. The third-order valence-corrected chi connectivity index (χ3v) is 4.73. The molecule has 1 aromatic heterocycles. The predicted octanol–water partition coefficient (Wildman–Crippen LogP) is 4.23. The summed E-state index contributed by atoms with van der Waals surface area (Å²) in [5, 5.41) is 5.14. The van der Waals surface area contributed by atoms with Gasteiger partial charge >= 0.3 is 0 Å². The Morgan fingerprint density at radius 3 is 2.63 bits per heavy atom. The molecule has 1 aromatic carbocycles. The van der Waals surface area contributed by atoms with E-state index in [1.807, 2.05) is 36.1 Å². The highest BCUT2D eigenvalue weighted by Gasteiger charge is 2.18. The summed E-state index contributed by atoms with van der Waals surface area (Å²) < 4.78 is 5.58. The van der Waals surface area contributed by atoms with E-state index in [9.17, 15) is 4.79 Å². The summed E-state index contributed by atoms with van der Waals surface area (Å²) in [6.45, 7) is 3.59. The number of likely N-dealkylation sites (tertiary alicyclic amines) is 1. The molecule has 1 aliphatic heterocycles. The van der Waals surface area contributed by atoms with Crippen molar-refractivity contribution in [1.82, 2.24) is 9.88 Å². The first-order valence-electron chi connectivity index (χ1n) is 8.65. The van der Waals surface area contributed by atoms with E-state index >= 15 is 0 Å². The smallest absolute Gasteiger partial charge is 0.260 e. The molecule has 0 bridgehead atoms. The molecule has 2 aromatic rings. The fraction of sp³-hybridized carbons (Fsp3) is 0.316. The molecule has 6 nitrogen and oxygen atoms in total. The van der Waals surface area contributed by atoms with Crippen LogP contribution in [0.4, 0.5) is 5.82 Å². The van der Waals surface area contributed by atoms with E-state index < -0.39 is 0 Å². The van der Waals surface area contributed by atoms with Gasteiger partial charge in [0.05, 0.1) is 15.8 Å². The molecule has 1 fully saturated rings. The molecule has 27 heavy (non-hydrogen) atoms. The molecule has 1 amide bonds. The van der Waals surface area contributed by atoms with Gasteiger partial charge in [0, 0.05) is 19.3 Å². The Bertz CT molecular complexity index is 834. The first-order chi connectivity index (χ1) is 13.0. The topological polar surface area (TPSA) is 66.8 Å². The fourth-order valence-corrected chi connectivity index (χ4v) is 3.12. The maximum Gasteiger partial charge on any atom is 0.260 e. The van der Waals surface area contributed by atoms with Gasteiger partial charge in [0.15, 0.2) is 12.4 Å². The van der Waals surface area contributed by atoms with Crippen molar-refractivity contribution in [3.8, 4) is 5.75 Å². The van der Waals surface area contributed by atoms with Crippen molar-refractivity contribution in [2.75, 3.05) is 25.1 Å². The predicted molar refractivity (Wildman–Crippen MR) is 108 cm³/mol. The SMILES string of the molecule is C/C(=N\Nc1ncc(Cl)cc1Cl)c1ccc(OCC(=O)N2CCCC2)cc1. The number of carbonyl (C=O) groups is 1. The van der Waals surface area contributed by atoms with Crippen LogP contribution in [0.2, 0.25) is 10.0 Å². The molecule has 0 aliphatic carbocycles. The number of amides is 1. The minimum atomic E-state index is 0.0332. The zero-order valence-electron chi connectivity index (χ0n) is 14.9. The van der Waals surface area contributed by atoms with Gasteiger partial charge in [0.1, 0.15) is 5.75 Å². The quantitative estimate of drug-likeness (QED) is 0.575. The van der Waals surface area contributed by atoms with Gasteiger partial charge in [-0.2, -0.15) is 5.10 Å². The lowest BCUT2D eigenvalue weighted by Crippen LogP contribution is -2.32. The number of nitrogens with zero attached hydrogens (tertiary/aromatic N) is 3. The van der Waals surface area contributed by atoms with Gasteiger partial charge < -0.3 is 9.64 Å². The number of hydrogen-bond acceptors (Lipinski definition) is 5. The monoisotopic (exact) mass is 406 g/mol. The lowest BCUT2D eigenvalue weighted by Gasteiger charge is -2.15. The molecular weight excluding hydrogens is 387 g/mol. The first-order valence-corrected chi connectivity index (χ1v) is 9.41. The molecule has 0 unspecified atom stereocenters. The largest absolute Gasteiger partial charge is 0.484 e. The van der Waals surface area contributed by atoms with Crippen LogP contribution in [0.25, 0.3) is 0 Å². The summed E-state index contributed by atoms with van der Waals surface area (Å²) in [7, 11) is 0. The summed E-state index contributed by atoms with van der Waals surface area (Å²) in [4.78, 5) is 17.9. The number of carbonyl (C=O) groups excluding carboxylic acids is 1. The van der Waals surface area contributed by atoms with Crippen LogP contribution in [0.15, 0.2) is 41.6 Å². The number of anilines is 1. The molecule has 8 heteroatoms. The lowest BCUT2D eigenvalue weighted by molar-refractivity contribution is -0.132. The maximum absolute atomic E-state index is 12.0. The molecule has 1 saturated heterocycles. The van der Waals surface area contributed by atoms with E-state index in [1.165, 1.54) is 6.20 Å². The minimum absolute atomic E-state index is 0.0332. The van der Waals surface area contributed by atoms with Crippen LogP contribution in [-0.4, -0.2) is 41.2 Å². The number of halogens is 2. The number of nitrogens with one attached hydrogen (secondary N) is 1. The highest BCUT2D eigenvalue weighted by molar-refractivity contribution is 6.35. The van der Waals surface area contributed by atoms with Crippen molar-refractivity contribution < 1.29 is 9.53 Å². The van der Waals surface area contributed by atoms with Gasteiger partial charge in [0.25, 0.3) is 5.91 Å². The molecule has 1 aliphatic rings. The lowest BCUT2D eigenvalue weighted by atomic mass is 10.1. The normalized spacial score (nSPS) is 14.3. The Hall–Kier alpha value is -2.31. The van der Waals surface area contributed by atoms with Crippen LogP contribution in [0.3, 0.4) is 0 Å². The van der Waals surface area contributed by atoms with Crippen molar-refractivity contribution in [3.05, 3.63) is 52.1 Å². The Morgan fingerprint density at radius 2 is 1.96 bits per heavy atom. The van der Waals surface area contributed by atoms with E-state index in [0.717, 1.165) is 37.2 Å². The zero-order valence-corrected chi connectivity index (χ0v) is 16.4. The van der Waals surface area contributed by atoms with Gasteiger partial charge in [-0.3, -0.25) is 10.2 Å². The Morgan fingerprint density at radius 1 is 1.26 bits per heavy atom. The molecule has 0 saturated carbocycles. The van der Waals surface area contributed by atoms with E-state index in [4.69, 9.17) is 27.9 Å². The molecule has 0 spiro atoms. The molecule has 2 heterocycles. The Balaban J connectivity index is 1.56. The maximum atomic E-state index is 12.0. The molecule has 142 valence electrons. The molecular formula is C19H20Cl2N4O2. The number of pyridine rings is 1. The number of rotatable bonds is 6. The summed E-state index contributed by atoms with van der Waals surface area (Å²) in [6, 6.07) is 9.00. The van der Waals surface area contributed by atoms with Gasteiger partial charge in [-0.15, -0.1) is 0 Å². The van der Waals surface area contributed by atoms with Crippen molar-refractivity contribution >= 4 is 40.6 Å². The second-order valence-corrected chi connectivity index (χ2v) is 7.04. The van der Waals surface area contributed by atoms with Crippen molar-refractivity contribution in [2.45, 2.75) is 19.8 Å². The molecule has 3 rings (SSSR count). The van der Waals surface area contributed by atoms with E-state index in [2.05, 4.69) is 15.5 Å². The summed E-state index contributed by atoms with van der Waals surface area (Å²) >= 11 is 11.9. The minimum Gasteiger partial charge on any atom is -0.484 e. The van der Waals surface area contributed by atoms with E-state index in [1.54, 1.807) is 6.07 Å². The zero-order chi connectivity index (χ0) is 19.2. The van der Waals surface area contributed by atoms with Crippen LogP contribution in [0, 0.1) is 0 Å². The van der Waals surface area contributed by atoms with Gasteiger partial charge in [-0.25, -0.2) is 4.98 Å². The Kier molecular flexibility index (Phi) is 6.53. The van der Waals surface area contributed by atoms with Crippen LogP contribution in [0.5, 0.6) is 5.75 Å². The van der Waals surface area contributed by atoms with E-state index in [-0.39, 0.29) is 12.5 Å². The van der Waals surface area contributed by atoms with E-state index in [0.29, 0.717) is 21.6 Å². The number of aromatic nitrogens is 1. The standard InChI is InChI=1S/C19H20Cl2N4O2/c1-13(23-24-19-17(21)10-15(20)11-22-19)14-4-6-16(7-5-14)27-12-18(26)25-8-2-3-9-25/h4-7,10-11H,2-3,8-9,12H2,1H3,(H,22,24)/b23-13+. The number of ether oxygens (including phenoxy) is 1. The summed E-state index contributed by atoms with van der Waals surface area (Å²) in [5.74, 6) is 1.11. The number of hydrazone groups is 1. The summed E-state index contributed by atoms with van der Waals surface area (Å²) in [6.07, 6.45) is 3.64. The van der Waals surface area contributed by atoms with Gasteiger partial charge in [-0.05, 0) is 55.7 Å². The molecule has 1 N–H and O–H groups in total. The van der Waals surface area contributed by atoms with Crippen LogP contribution in [0.1, 0.15) is 25.3 Å². The van der Waals surface area contributed by atoms with Crippen molar-refractivity contribution in [2.24, 2.45) is 5.10 Å². The second kappa shape index (κ2) is 9.06. The van der Waals surface area contributed by atoms with Crippen LogP contribution >= 0.6 is 23.2 Å². The number of benzene rings is 1. The highest BCUT2D eigenvalue weighted by Crippen LogP contribution is 2.22. The summed E-state index contributed by atoms with van der Waals surface area (Å²) in [5.41, 5.74) is 4.49. The second-order valence-electron chi connectivity index (χ2n) is 6.19. The third-order valence-electron chi connectivity index (χ3n) is 4.23. The Labute approximate surface area is 168 Å². The third kappa shape index (κ3) is 5.34. The van der Waals surface area contributed by atoms with Crippen molar-refractivity contribution in [3.63, 3.8) is 0 Å².